The Balaban J connectivity index is 1.81. The highest BCUT2D eigenvalue weighted by Gasteiger charge is 2.38. The number of amides is 2. The van der Waals surface area contributed by atoms with Gasteiger partial charge in [-0.2, -0.15) is 0 Å². The van der Waals surface area contributed by atoms with Crippen LogP contribution < -0.4 is 5.73 Å². The molecule has 122 valence electrons. The monoisotopic (exact) mass is 319 g/mol. The summed E-state index contributed by atoms with van der Waals surface area (Å²) >= 11 is 0. The highest BCUT2D eigenvalue weighted by molar-refractivity contribution is 5.92. The van der Waals surface area contributed by atoms with Gasteiger partial charge in [-0.3, -0.25) is 9.59 Å². The van der Waals surface area contributed by atoms with Gasteiger partial charge in [0.15, 0.2) is 0 Å². The van der Waals surface area contributed by atoms with Crippen molar-refractivity contribution in [1.29, 1.82) is 0 Å². The number of carbonyl (C=O) groups is 2. The number of aromatic amines is 1. The molecule has 0 aliphatic carbocycles. The van der Waals surface area contributed by atoms with Crippen molar-refractivity contribution in [2.45, 2.75) is 25.0 Å². The third kappa shape index (κ3) is 2.92. The van der Waals surface area contributed by atoms with E-state index in [1.165, 1.54) is 17.0 Å². The summed E-state index contributed by atoms with van der Waals surface area (Å²) in [5, 5.41) is 0.790. The van der Waals surface area contributed by atoms with Gasteiger partial charge in [0.25, 0.3) is 0 Å². The quantitative estimate of drug-likeness (QED) is 0.879. The number of nitrogens with zero attached hydrogens (tertiary/aromatic N) is 1. The first-order chi connectivity index (χ1) is 11.0. The number of H-pyrrole nitrogens is 1. The molecule has 3 N–H and O–H groups in total. The summed E-state index contributed by atoms with van der Waals surface area (Å²) in [7, 11) is 1.55. The standard InChI is InChI=1S/C16H18FN3O3/c1-23-11-6-14(16(18)22)20(8-11)15(21)4-9-7-19-13-5-10(17)2-3-12(9)13/h2-3,5,7,11,14,19H,4,6,8H2,1H3,(H2,18,22)/t11-,14-/m0/s1. The summed E-state index contributed by atoms with van der Waals surface area (Å²) in [5.74, 6) is -1.06. The van der Waals surface area contributed by atoms with E-state index in [4.69, 9.17) is 10.5 Å². The van der Waals surface area contributed by atoms with E-state index in [0.717, 1.165) is 10.9 Å². The Morgan fingerprint density at radius 2 is 2.26 bits per heavy atom. The summed E-state index contributed by atoms with van der Waals surface area (Å²) in [4.78, 5) is 28.6. The number of carbonyl (C=O) groups excluding carboxylic acids is 2. The zero-order chi connectivity index (χ0) is 16.6. The van der Waals surface area contributed by atoms with Crippen LogP contribution in [0.15, 0.2) is 24.4 Å². The van der Waals surface area contributed by atoms with Crippen LogP contribution >= 0.6 is 0 Å². The number of aromatic nitrogens is 1. The van der Waals surface area contributed by atoms with E-state index in [0.29, 0.717) is 18.5 Å². The Morgan fingerprint density at radius 1 is 1.48 bits per heavy atom. The summed E-state index contributed by atoms with van der Waals surface area (Å²) < 4.78 is 18.5. The van der Waals surface area contributed by atoms with Crippen molar-refractivity contribution in [3.63, 3.8) is 0 Å². The number of rotatable bonds is 4. The molecule has 23 heavy (non-hydrogen) atoms. The second-order valence-electron chi connectivity index (χ2n) is 5.74. The number of methoxy groups -OCH3 is 1. The Kier molecular flexibility index (Phi) is 4.04. The van der Waals surface area contributed by atoms with E-state index in [1.807, 2.05) is 0 Å². The number of ether oxygens (including phenoxy) is 1. The fourth-order valence-corrected chi connectivity index (χ4v) is 3.08. The maximum atomic E-state index is 13.2. The molecule has 0 radical (unpaired) electrons. The number of fused-ring (bicyclic) bond motifs is 1. The molecule has 0 saturated carbocycles. The molecule has 2 heterocycles. The predicted molar refractivity (Wildman–Crippen MR) is 82.1 cm³/mol. The number of primary amides is 1. The summed E-state index contributed by atoms with van der Waals surface area (Å²) in [6.07, 6.45) is 2.03. The van der Waals surface area contributed by atoms with Gasteiger partial charge in [-0.15, -0.1) is 0 Å². The van der Waals surface area contributed by atoms with Gasteiger partial charge in [0.1, 0.15) is 11.9 Å². The van der Waals surface area contributed by atoms with Crippen molar-refractivity contribution in [3.8, 4) is 0 Å². The van der Waals surface area contributed by atoms with Gasteiger partial charge >= 0.3 is 0 Å². The molecule has 1 fully saturated rings. The van der Waals surface area contributed by atoms with Gasteiger partial charge in [0, 0.05) is 37.2 Å². The number of hydrogen-bond acceptors (Lipinski definition) is 3. The lowest BCUT2D eigenvalue weighted by Gasteiger charge is -2.21. The van der Waals surface area contributed by atoms with Gasteiger partial charge in [-0.1, -0.05) is 0 Å². The fourth-order valence-electron chi connectivity index (χ4n) is 3.08. The van der Waals surface area contributed by atoms with Gasteiger partial charge in [0.05, 0.1) is 12.5 Å². The molecule has 1 aliphatic heterocycles. The lowest BCUT2D eigenvalue weighted by molar-refractivity contribution is -0.136. The van der Waals surface area contributed by atoms with Gasteiger partial charge in [-0.25, -0.2) is 4.39 Å². The third-order valence-corrected chi connectivity index (χ3v) is 4.32. The van der Waals surface area contributed by atoms with E-state index >= 15 is 0 Å². The van der Waals surface area contributed by atoms with Gasteiger partial charge in [0.2, 0.25) is 11.8 Å². The van der Waals surface area contributed by atoms with E-state index in [-0.39, 0.29) is 24.2 Å². The summed E-state index contributed by atoms with van der Waals surface area (Å²) in [6, 6.07) is 3.73. The average Bonchev–Trinajstić information content (AvgIpc) is 3.11. The maximum absolute atomic E-state index is 13.2. The summed E-state index contributed by atoms with van der Waals surface area (Å²) in [6.45, 7) is 0.347. The Hall–Kier alpha value is -2.41. The number of benzene rings is 1. The first kappa shape index (κ1) is 15.5. The third-order valence-electron chi connectivity index (χ3n) is 4.32. The lowest BCUT2D eigenvalue weighted by atomic mass is 10.1. The van der Waals surface area contributed by atoms with Crippen LogP contribution in [-0.2, 0) is 20.7 Å². The van der Waals surface area contributed by atoms with Crippen LogP contribution in [0.4, 0.5) is 4.39 Å². The van der Waals surface area contributed by atoms with Crippen LogP contribution in [0.5, 0.6) is 0 Å². The topological polar surface area (TPSA) is 88.4 Å². The molecule has 2 aromatic rings. The van der Waals surface area contributed by atoms with E-state index in [1.54, 1.807) is 19.4 Å². The molecule has 7 heteroatoms. The molecule has 2 amide bonds. The van der Waals surface area contributed by atoms with E-state index < -0.39 is 11.9 Å². The van der Waals surface area contributed by atoms with Crippen LogP contribution in [0.25, 0.3) is 10.9 Å². The van der Waals surface area contributed by atoms with Gasteiger partial charge in [-0.05, 0) is 23.8 Å². The maximum Gasteiger partial charge on any atom is 0.240 e. The fraction of sp³-hybridized carbons (Fsp3) is 0.375. The van der Waals surface area contributed by atoms with Crippen molar-refractivity contribution in [1.82, 2.24) is 9.88 Å². The normalized spacial score (nSPS) is 21.0. The predicted octanol–water partition coefficient (Wildman–Crippen LogP) is 0.951. The zero-order valence-electron chi connectivity index (χ0n) is 12.7. The van der Waals surface area contributed by atoms with Crippen molar-refractivity contribution >= 4 is 22.7 Å². The van der Waals surface area contributed by atoms with Crippen LogP contribution in [0.1, 0.15) is 12.0 Å². The smallest absolute Gasteiger partial charge is 0.240 e. The van der Waals surface area contributed by atoms with Crippen molar-refractivity contribution in [2.75, 3.05) is 13.7 Å². The largest absolute Gasteiger partial charge is 0.380 e. The highest BCUT2D eigenvalue weighted by atomic mass is 19.1. The Morgan fingerprint density at radius 3 is 2.96 bits per heavy atom. The van der Waals surface area contributed by atoms with Crippen molar-refractivity contribution in [3.05, 3.63) is 35.8 Å². The number of nitrogens with two attached hydrogens (primary N) is 1. The number of nitrogens with one attached hydrogen (secondary N) is 1. The minimum absolute atomic E-state index is 0.117. The minimum atomic E-state index is -0.643. The van der Waals surface area contributed by atoms with Crippen molar-refractivity contribution in [2.24, 2.45) is 5.73 Å². The Labute approximate surface area is 132 Å². The number of halogens is 1. The first-order valence-electron chi connectivity index (χ1n) is 7.36. The molecule has 0 unspecified atom stereocenters. The molecule has 1 saturated heterocycles. The molecule has 1 aromatic heterocycles. The molecule has 2 atom stereocenters. The minimum Gasteiger partial charge on any atom is -0.380 e. The van der Waals surface area contributed by atoms with Crippen LogP contribution in [0.2, 0.25) is 0 Å². The van der Waals surface area contributed by atoms with Crippen LogP contribution in [0, 0.1) is 5.82 Å². The molecule has 0 bridgehead atoms. The molecular weight excluding hydrogens is 301 g/mol. The van der Waals surface area contributed by atoms with E-state index in [2.05, 4.69) is 4.98 Å². The molecular formula is C16H18FN3O3. The van der Waals surface area contributed by atoms with Gasteiger partial charge < -0.3 is 20.4 Å². The number of hydrogen-bond donors (Lipinski definition) is 2. The lowest BCUT2D eigenvalue weighted by Crippen LogP contribution is -2.44. The summed E-state index contributed by atoms with van der Waals surface area (Å²) in [5.41, 5.74) is 6.78. The molecule has 6 nitrogen and oxygen atoms in total. The SMILES string of the molecule is CO[C@H]1C[C@@H](C(N)=O)N(C(=O)Cc2c[nH]c3cc(F)ccc23)C1. The second kappa shape index (κ2) is 6.00. The highest BCUT2D eigenvalue weighted by Crippen LogP contribution is 2.24. The average molecular weight is 319 g/mol. The Bertz CT molecular complexity index is 758. The van der Waals surface area contributed by atoms with Crippen molar-refractivity contribution < 1.29 is 18.7 Å². The van der Waals surface area contributed by atoms with Crippen LogP contribution in [0.3, 0.4) is 0 Å². The first-order valence-corrected chi connectivity index (χ1v) is 7.36. The number of likely N-dealkylation sites (tertiary alicyclic amines) is 1. The molecule has 1 aromatic carbocycles. The molecule has 3 rings (SSSR count). The zero-order valence-corrected chi connectivity index (χ0v) is 12.7. The molecule has 0 spiro atoms. The van der Waals surface area contributed by atoms with E-state index in [9.17, 15) is 14.0 Å². The second-order valence-corrected chi connectivity index (χ2v) is 5.74. The van der Waals surface area contributed by atoms with Crippen LogP contribution in [-0.4, -0.2) is 47.5 Å². The molecule has 1 aliphatic rings.